The van der Waals surface area contributed by atoms with E-state index in [2.05, 4.69) is 10.2 Å². The average Bonchev–Trinajstić information content (AvgIpc) is 3.24. The van der Waals surface area contributed by atoms with Crippen molar-refractivity contribution in [2.24, 2.45) is 0 Å². The van der Waals surface area contributed by atoms with E-state index in [1.54, 1.807) is 0 Å². The molecule has 1 fully saturated rings. The molecule has 0 radical (unpaired) electrons. The van der Waals surface area contributed by atoms with Crippen LogP contribution < -0.4 is 0 Å². The number of hydrogen-bond acceptors (Lipinski definition) is 4. The lowest BCUT2D eigenvalue weighted by Crippen LogP contribution is -2.08. The summed E-state index contributed by atoms with van der Waals surface area (Å²) in [5, 5.41) is 17.1. The Morgan fingerprint density at radius 2 is 2.09 bits per heavy atom. The first kappa shape index (κ1) is 15.9. The Bertz CT molecular complexity index is 741. The monoisotopic (exact) mass is 343 g/mol. The molecule has 0 aliphatic heterocycles. The number of hydrogen-bond donors (Lipinski definition) is 1. The topological polar surface area (TPSA) is 68.0 Å². The van der Waals surface area contributed by atoms with Crippen molar-refractivity contribution in [3.05, 3.63) is 35.7 Å². The van der Waals surface area contributed by atoms with Crippen LogP contribution in [0.3, 0.4) is 0 Å². The maximum absolute atomic E-state index is 12.9. The number of thioether (sulfide) groups is 1. The van der Waals surface area contributed by atoms with Crippen molar-refractivity contribution >= 4 is 17.7 Å². The summed E-state index contributed by atoms with van der Waals surface area (Å²) in [6.07, 6.45) is -2.64. The number of carbonyl (C=O) groups is 1. The molecule has 9 heteroatoms. The molecule has 0 bridgehead atoms. The van der Waals surface area contributed by atoms with Gasteiger partial charge in [0.15, 0.2) is 5.16 Å². The Kier molecular flexibility index (Phi) is 4.05. The molecule has 1 aromatic heterocycles. The molecule has 23 heavy (non-hydrogen) atoms. The second-order valence-corrected chi connectivity index (χ2v) is 6.12. The van der Waals surface area contributed by atoms with Crippen LogP contribution in [0.2, 0.25) is 0 Å². The number of alkyl halides is 3. The van der Waals surface area contributed by atoms with Gasteiger partial charge in [-0.25, -0.2) is 0 Å². The molecule has 1 aromatic carbocycles. The minimum atomic E-state index is -4.45. The fourth-order valence-electron chi connectivity index (χ4n) is 2.17. The zero-order chi connectivity index (χ0) is 16.6. The molecule has 3 rings (SSSR count). The summed E-state index contributed by atoms with van der Waals surface area (Å²) in [4.78, 5) is 10.7. The van der Waals surface area contributed by atoms with Crippen LogP contribution in [-0.4, -0.2) is 31.6 Å². The standard InChI is InChI=1S/C14H12F3N3O2S/c15-14(16,17)9-2-1-3-10(6-9)20-12(8-4-5-8)18-19-13(20)23-7-11(21)22/h1-3,6,8H,4-5,7H2,(H,21,22). The van der Waals surface area contributed by atoms with E-state index in [0.29, 0.717) is 11.5 Å². The summed E-state index contributed by atoms with van der Waals surface area (Å²) in [6.45, 7) is 0. The number of aromatic nitrogens is 3. The third-order valence-corrected chi connectivity index (χ3v) is 4.27. The van der Waals surface area contributed by atoms with Crippen LogP contribution in [0.25, 0.3) is 5.69 Å². The van der Waals surface area contributed by atoms with E-state index in [4.69, 9.17) is 5.11 Å². The largest absolute Gasteiger partial charge is 0.481 e. The molecular formula is C14H12F3N3O2S. The Labute approximate surface area is 133 Å². The maximum atomic E-state index is 12.9. The van der Waals surface area contributed by atoms with E-state index in [1.807, 2.05) is 0 Å². The van der Waals surface area contributed by atoms with Gasteiger partial charge in [-0.05, 0) is 31.0 Å². The summed E-state index contributed by atoms with van der Waals surface area (Å²) in [6, 6.07) is 4.88. The van der Waals surface area contributed by atoms with E-state index >= 15 is 0 Å². The van der Waals surface area contributed by atoms with Crippen molar-refractivity contribution in [3.63, 3.8) is 0 Å². The zero-order valence-electron chi connectivity index (χ0n) is 11.7. The van der Waals surface area contributed by atoms with Crippen LogP contribution in [0, 0.1) is 0 Å². The molecule has 5 nitrogen and oxygen atoms in total. The van der Waals surface area contributed by atoms with Gasteiger partial charge in [0.2, 0.25) is 0 Å². The third kappa shape index (κ3) is 3.49. The molecule has 0 spiro atoms. The zero-order valence-corrected chi connectivity index (χ0v) is 12.6. The highest BCUT2D eigenvalue weighted by molar-refractivity contribution is 7.99. The summed E-state index contributed by atoms with van der Waals surface area (Å²) in [5.74, 6) is -0.517. The highest BCUT2D eigenvalue weighted by atomic mass is 32.2. The highest BCUT2D eigenvalue weighted by Gasteiger charge is 2.33. The summed E-state index contributed by atoms with van der Waals surface area (Å²) in [7, 11) is 0. The fourth-order valence-corrected chi connectivity index (χ4v) is 2.85. The van der Waals surface area contributed by atoms with Crippen LogP contribution in [0.1, 0.15) is 30.1 Å². The molecule has 1 N–H and O–H groups in total. The Hall–Kier alpha value is -2.03. The number of benzene rings is 1. The molecule has 1 saturated carbocycles. The first-order valence-electron chi connectivity index (χ1n) is 6.84. The average molecular weight is 343 g/mol. The van der Waals surface area contributed by atoms with Gasteiger partial charge in [-0.2, -0.15) is 13.2 Å². The molecule has 0 atom stereocenters. The molecule has 0 amide bonds. The highest BCUT2D eigenvalue weighted by Crippen LogP contribution is 2.41. The predicted molar refractivity (Wildman–Crippen MR) is 76.7 cm³/mol. The van der Waals surface area contributed by atoms with Crippen molar-refractivity contribution < 1.29 is 23.1 Å². The molecule has 122 valence electrons. The molecule has 1 aliphatic carbocycles. The lowest BCUT2D eigenvalue weighted by molar-refractivity contribution is -0.137. The van der Waals surface area contributed by atoms with Crippen molar-refractivity contribution in [1.29, 1.82) is 0 Å². The number of halogens is 3. The third-order valence-electron chi connectivity index (χ3n) is 3.36. The van der Waals surface area contributed by atoms with Gasteiger partial charge >= 0.3 is 12.1 Å². The summed E-state index contributed by atoms with van der Waals surface area (Å²) < 4.78 is 40.3. The van der Waals surface area contributed by atoms with Crippen molar-refractivity contribution in [2.75, 3.05) is 5.75 Å². The molecular weight excluding hydrogens is 331 g/mol. The van der Waals surface area contributed by atoms with Gasteiger partial charge in [0.05, 0.1) is 17.0 Å². The quantitative estimate of drug-likeness (QED) is 0.844. The van der Waals surface area contributed by atoms with Crippen molar-refractivity contribution in [2.45, 2.75) is 30.1 Å². The SMILES string of the molecule is O=C(O)CSc1nnc(C2CC2)n1-c1cccc(C(F)(F)F)c1. The molecule has 0 saturated heterocycles. The smallest absolute Gasteiger partial charge is 0.416 e. The van der Waals surface area contributed by atoms with Gasteiger partial charge < -0.3 is 5.11 Å². The first-order chi connectivity index (χ1) is 10.9. The van der Waals surface area contributed by atoms with Gasteiger partial charge in [0, 0.05) is 5.92 Å². The van der Waals surface area contributed by atoms with Gasteiger partial charge in [-0.1, -0.05) is 17.8 Å². The van der Waals surface area contributed by atoms with E-state index in [-0.39, 0.29) is 16.8 Å². The van der Waals surface area contributed by atoms with Crippen molar-refractivity contribution in [3.8, 4) is 5.69 Å². The minimum Gasteiger partial charge on any atom is -0.481 e. The van der Waals surface area contributed by atoms with Gasteiger partial charge in [0.25, 0.3) is 0 Å². The minimum absolute atomic E-state index is 0.163. The van der Waals surface area contributed by atoms with E-state index < -0.39 is 17.7 Å². The summed E-state index contributed by atoms with van der Waals surface area (Å²) >= 11 is 0.938. The van der Waals surface area contributed by atoms with Crippen molar-refractivity contribution in [1.82, 2.24) is 14.8 Å². The first-order valence-corrected chi connectivity index (χ1v) is 7.82. The molecule has 1 aliphatic rings. The van der Waals surface area contributed by atoms with E-state index in [1.165, 1.54) is 16.7 Å². The van der Waals surface area contributed by atoms with Gasteiger partial charge in [-0.15, -0.1) is 10.2 Å². The number of rotatable bonds is 5. The number of carboxylic acids is 1. The predicted octanol–water partition coefficient (Wildman–Crippen LogP) is 3.34. The number of nitrogens with zero attached hydrogens (tertiary/aromatic N) is 3. The van der Waals surface area contributed by atoms with Crippen LogP contribution in [0.15, 0.2) is 29.4 Å². The fraction of sp³-hybridized carbons (Fsp3) is 0.357. The van der Waals surface area contributed by atoms with Crippen LogP contribution >= 0.6 is 11.8 Å². The van der Waals surface area contributed by atoms with E-state index in [9.17, 15) is 18.0 Å². The van der Waals surface area contributed by atoms with Crippen LogP contribution in [0.5, 0.6) is 0 Å². The lowest BCUT2D eigenvalue weighted by Gasteiger charge is -2.12. The molecule has 2 aromatic rings. The normalized spacial score (nSPS) is 14.9. The lowest BCUT2D eigenvalue weighted by atomic mass is 10.2. The van der Waals surface area contributed by atoms with Crippen LogP contribution in [0.4, 0.5) is 13.2 Å². The molecule has 1 heterocycles. The number of aliphatic carboxylic acids is 1. The second-order valence-electron chi connectivity index (χ2n) is 5.18. The molecule has 0 unspecified atom stereocenters. The van der Waals surface area contributed by atoms with Crippen LogP contribution in [-0.2, 0) is 11.0 Å². The Morgan fingerprint density at radius 3 is 2.70 bits per heavy atom. The van der Waals surface area contributed by atoms with Gasteiger partial charge in [-0.3, -0.25) is 9.36 Å². The Balaban J connectivity index is 2.03. The maximum Gasteiger partial charge on any atom is 0.416 e. The second kappa shape index (κ2) is 5.88. The number of carboxylic acid groups (broad SMARTS) is 1. The summed E-state index contributed by atoms with van der Waals surface area (Å²) in [5.41, 5.74) is -0.473. The van der Waals surface area contributed by atoms with E-state index in [0.717, 1.165) is 36.7 Å². The van der Waals surface area contributed by atoms with Gasteiger partial charge in [0.1, 0.15) is 5.82 Å². The Morgan fingerprint density at radius 1 is 1.35 bits per heavy atom.